The van der Waals surface area contributed by atoms with Crippen LogP contribution in [0.15, 0.2) is 72.8 Å². The van der Waals surface area contributed by atoms with Gasteiger partial charge in [0.05, 0.1) is 20.1 Å². The lowest BCUT2D eigenvalue weighted by atomic mass is 9.84. The standard InChI is InChI=1S/C23H22O3/c1-16-10-12-17(13-11-16)23(24)22(18-6-4-8-20(14-18)25-2)19-7-5-9-21(15-19)26-3/h4-15,22H,1-3H3. The van der Waals surface area contributed by atoms with Gasteiger partial charge in [0, 0.05) is 5.56 Å². The van der Waals surface area contributed by atoms with Crippen LogP contribution in [-0.4, -0.2) is 20.0 Å². The quantitative estimate of drug-likeness (QED) is 0.588. The van der Waals surface area contributed by atoms with E-state index in [-0.39, 0.29) is 5.78 Å². The summed E-state index contributed by atoms with van der Waals surface area (Å²) >= 11 is 0. The van der Waals surface area contributed by atoms with Crippen molar-refractivity contribution >= 4 is 5.78 Å². The summed E-state index contributed by atoms with van der Waals surface area (Å²) in [6.07, 6.45) is 0. The van der Waals surface area contributed by atoms with E-state index in [0.717, 1.165) is 28.2 Å². The van der Waals surface area contributed by atoms with Crippen LogP contribution in [0.5, 0.6) is 11.5 Å². The first kappa shape index (κ1) is 17.7. The zero-order chi connectivity index (χ0) is 18.5. The summed E-state index contributed by atoms with van der Waals surface area (Å²) in [4.78, 5) is 13.4. The monoisotopic (exact) mass is 346 g/mol. The lowest BCUT2D eigenvalue weighted by Gasteiger charge is -2.18. The van der Waals surface area contributed by atoms with Crippen molar-refractivity contribution in [3.8, 4) is 11.5 Å². The van der Waals surface area contributed by atoms with Crippen molar-refractivity contribution in [2.75, 3.05) is 14.2 Å². The molecule has 0 saturated heterocycles. The maximum atomic E-state index is 13.4. The third kappa shape index (κ3) is 3.77. The van der Waals surface area contributed by atoms with Gasteiger partial charge >= 0.3 is 0 Å². The van der Waals surface area contributed by atoms with Gasteiger partial charge in [-0.25, -0.2) is 0 Å². The number of ketones is 1. The van der Waals surface area contributed by atoms with Crippen LogP contribution in [-0.2, 0) is 0 Å². The fraction of sp³-hybridized carbons (Fsp3) is 0.174. The van der Waals surface area contributed by atoms with Gasteiger partial charge in [0.15, 0.2) is 5.78 Å². The molecule has 3 aromatic carbocycles. The number of carbonyl (C=O) groups is 1. The zero-order valence-corrected chi connectivity index (χ0v) is 15.2. The molecule has 0 radical (unpaired) electrons. The molecular formula is C23H22O3. The van der Waals surface area contributed by atoms with Crippen molar-refractivity contribution < 1.29 is 14.3 Å². The van der Waals surface area contributed by atoms with Gasteiger partial charge in [-0.15, -0.1) is 0 Å². The highest BCUT2D eigenvalue weighted by Gasteiger charge is 2.25. The maximum absolute atomic E-state index is 13.4. The molecule has 0 unspecified atom stereocenters. The first-order valence-electron chi connectivity index (χ1n) is 8.51. The highest BCUT2D eigenvalue weighted by atomic mass is 16.5. The molecule has 132 valence electrons. The first-order chi connectivity index (χ1) is 12.6. The number of rotatable bonds is 6. The van der Waals surface area contributed by atoms with E-state index in [4.69, 9.17) is 9.47 Å². The van der Waals surface area contributed by atoms with Gasteiger partial charge < -0.3 is 9.47 Å². The van der Waals surface area contributed by atoms with Crippen molar-refractivity contribution in [3.05, 3.63) is 95.1 Å². The highest BCUT2D eigenvalue weighted by Crippen LogP contribution is 2.32. The van der Waals surface area contributed by atoms with Gasteiger partial charge in [0.25, 0.3) is 0 Å². The number of hydrogen-bond donors (Lipinski definition) is 0. The molecule has 0 spiro atoms. The van der Waals surface area contributed by atoms with Crippen LogP contribution >= 0.6 is 0 Å². The van der Waals surface area contributed by atoms with E-state index in [1.807, 2.05) is 79.7 Å². The molecule has 0 amide bonds. The molecule has 0 atom stereocenters. The number of hydrogen-bond acceptors (Lipinski definition) is 3. The van der Waals surface area contributed by atoms with E-state index in [2.05, 4.69) is 0 Å². The minimum Gasteiger partial charge on any atom is -0.497 e. The molecule has 26 heavy (non-hydrogen) atoms. The molecule has 3 heteroatoms. The minimum atomic E-state index is -0.428. The number of aryl methyl sites for hydroxylation is 1. The second-order valence-electron chi connectivity index (χ2n) is 6.22. The van der Waals surface area contributed by atoms with E-state index in [9.17, 15) is 4.79 Å². The average Bonchev–Trinajstić information content (AvgIpc) is 2.69. The van der Waals surface area contributed by atoms with Gasteiger partial charge in [0.1, 0.15) is 11.5 Å². The second kappa shape index (κ2) is 7.87. The summed E-state index contributed by atoms with van der Waals surface area (Å²) in [5.41, 5.74) is 3.60. The van der Waals surface area contributed by atoms with E-state index in [1.54, 1.807) is 14.2 Å². The van der Waals surface area contributed by atoms with Crippen molar-refractivity contribution in [1.82, 2.24) is 0 Å². The van der Waals surface area contributed by atoms with Crippen LogP contribution < -0.4 is 9.47 Å². The molecule has 3 nitrogen and oxygen atoms in total. The molecule has 0 fully saturated rings. The van der Waals surface area contributed by atoms with E-state index < -0.39 is 5.92 Å². The van der Waals surface area contributed by atoms with Crippen molar-refractivity contribution in [2.45, 2.75) is 12.8 Å². The van der Waals surface area contributed by atoms with Gasteiger partial charge in [0.2, 0.25) is 0 Å². The van der Waals surface area contributed by atoms with Gasteiger partial charge in [-0.2, -0.15) is 0 Å². The maximum Gasteiger partial charge on any atom is 0.174 e. The fourth-order valence-electron chi connectivity index (χ4n) is 3.02. The minimum absolute atomic E-state index is 0.0477. The predicted octanol–water partition coefficient (Wildman–Crippen LogP) is 5.03. The Labute approximate surface area is 154 Å². The summed E-state index contributed by atoms with van der Waals surface area (Å²) < 4.78 is 10.7. The first-order valence-corrected chi connectivity index (χ1v) is 8.51. The van der Waals surface area contributed by atoms with Gasteiger partial charge in [-0.1, -0.05) is 54.1 Å². The number of methoxy groups -OCH3 is 2. The van der Waals surface area contributed by atoms with Gasteiger partial charge in [-0.05, 0) is 42.3 Å². The normalized spacial score (nSPS) is 10.6. The van der Waals surface area contributed by atoms with E-state index in [0.29, 0.717) is 5.56 Å². The molecule has 0 aliphatic carbocycles. The molecule has 0 aromatic heterocycles. The Morgan fingerprint density at radius 3 is 1.73 bits per heavy atom. The summed E-state index contributed by atoms with van der Waals surface area (Å²) in [5.74, 6) is 1.08. The van der Waals surface area contributed by atoms with Gasteiger partial charge in [-0.3, -0.25) is 4.79 Å². The number of benzene rings is 3. The smallest absolute Gasteiger partial charge is 0.174 e. The van der Waals surface area contributed by atoms with Crippen molar-refractivity contribution in [2.24, 2.45) is 0 Å². The van der Waals surface area contributed by atoms with E-state index in [1.165, 1.54) is 0 Å². The summed E-state index contributed by atoms with van der Waals surface area (Å²) in [7, 11) is 3.25. The Bertz CT molecular complexity index is 850. The fourth-order valence-corrected chi connectivity index (χ4v) is 3.02. The number of carbonyl (C=O) groups excluding carboxylic acids is 1. The van der Waals surface area contributed by atoms with Crippen LogP contribution in [0.1, 0.15) is 33.0 Å². The van der Waals surface area contributed by atoms with Crippen molar-refractivity contribution in [1.29, 1.82) is 0 Å². The Morgan fingerprint density at radius 1 is 0.769 bits per heavy atom. The van der Waals surface area contributed by atoms with Crippen LogP contribution in [0.3, 0.4) is 0 Å². The molecule has 0 aliphatic rings. The Kier molecular flexibility index (Phi) is 5.37. The number of Topliss-reactive ketones (excluding diaryl/α,β-unsaturated/α-hetero) is 1. The van der Waals surface area contributed by atoms with Crippen LogP contribution in [0.4, 0.5) is 0 Å². The molecule has 3 rings (SSSR count). The van der Waals surface area contributed by atoms with Crippen LogP contribution in [0, 0.1) is 6.92 Å². The molecule has 0 heterocycles. The summed E-state index contributed by atoms with van der Waals surface area (Å²) in [6, 6.07) is 23.0. The summed E-state index contributed by atoms with van der Waals surface area (Å²) in [6.45, 7) is 2.01. The lowest BCUT2D eigenvalue weighted by molar-refractivity contribution is 0.0974. The molecule has 3 aromatic rings. The molecule has 0 N–H and O–H groups in total. The Morgan fingerprint density at radius 2 is 1.27 bits per heavy atom. The topological polar surface area (TPSA) is 35.5 Å². The average molecular weight is 346 g/mol. The SMILES string of the molecule is COc1cccc(C(C(=O)c2ccc(C)cc2)c2cccc(OC)c2)c1. The van der Waals surface area contributed by atoms with E-state index >= 15 is 0 Å². The summed E-state index contributed by atoms with van der Waals surface area (Å²) in [5, 5.41) is 0. The third-order valence-corrected chi connectivity index (χ3v) is 4.45. The Balaban J connectivity index is 2.11. The number of ether oxygens (including phenoxy) is 2. The molecular weight excluding hydrogens is 324 g/mol. The second-order valence-corrected chi connectivity index (χ2v) is 6.22. The zero-order valence-electron chi connectivity index (χ0n) is 15.2. The Hall–Kier alpha value is -3.07. The molecule has 0 bridgehead atoms. The molecule has 0 aliphatic heterocycles. The predicted molar refractivity (Wildman–Crippen MR) is 103 cm³/mol. The van der Waals surface area contributed by atoms with Crippen LogP contribution in [0.2, 0.25) is 0 Å². The lowest BCUT2D eigenvalue weighted by Crippen LogP contribution is -2.15. The van der Waals surface area contributed by atoms with Crippen molar-refractivity contribution in [3.63, 3.8) is 0 Å². The van der Waals surface area contributed by atoms with Crippen LogP contribution in [0.25, 0.3) is 0 Å². The third-order valence-electron chi connectivity index (χ3n) is 4.45. The largest absolute Gasteiger partial charge is 0.497 e. The molecule has 0 saturated carbocycles. The highest BCUT2D eigenvalue weighted by molar-refractivity contribution is 6.03.